The lowest BCUT2D eigenvalue weighted by molar-refractivity contribution is 0.132. The maximum atomic E-state index is 13.0. The SMILES string of the molecule is Cn1c(=O)n(Cc2ccccc2)c(=O)c2cc(/C=N\OCc3ccccc3)cnc21. The molecule has 0 unspecified atom stereocenters. The molecule has 4 aromatic rings. The van der Waals surface area contributed by atoms with Gasteiger partial charge in [-0.2, -0.15) is 0 Å². The molecule has 0 spiro atoms. The summed E-state index contributed by atoms with van der Waals surface area (Å²) in [6.45, 7) is 0.539. The van der Waals surface area contributed by atoms with Gasteiger partial charge in [0.1, 0.15) is 12.3 Å². The molecular formula is C23H20N4O3. The molecule has 7 heteroatoms. The van der Waals surface area contributed by atoms with Crippen LogP contribution in [0.25, 0.3) is 11.0 Å². The van der Waals surface area contributed by atoms with Crippen LogP contribution in [0.4, 0.5) is 0 Å². The Balaban J connectivity index is 1.63. The fourth-order valence-electron chi connectivity index (χ4n) is 3.16. The Bertz CT molecular complexity index is 1310. The Morgan fingerprint density at radius 3 is 2.37 bits per heavy atom. The van der Waals surface area contributed by atoms with Crippen molar-refractivity contribution in [2.24, 2.45) is 12.2 Å². The average Bonchev–Trinajstić information content (AvgIpc) is 2.79. The number of hydrogen-bond acceptors (Lipinski definition) is 5. The first kappa shape index (κ1) is 19.3. The summed E-state index contributed by atoms with van der Waals surface area (Å²) in [6.07, 6.45) is 3.06. The highest BCUT2D eigenvalue weighted by Gasteiger charge is 2.13. The molecule has 0 radical (unpaired) electrons. The van der Waals surface area contributed by atoms with E-state index >= 15 is 0 Å². The first-order valence-electron chi connectivity index (χ1n) is 9.46. The first-order chi connectivity index (χ1) is 14.6. The quantitative estimate of drug-likeness (QED) is 0.368. The lowest BCUT2D eigenvalue weighted by Crippen LogP contribution is -2.39. The van der Waals surface area contributed by atoms with Gasteiger partial charge in [0.15, 0.2) is 0 Å². The van der Waals surface area contributed by atoms with Gasteiger partial charge in [0.05, 0.1) is 18.1 Å². The summed E-state index contributed by atoms with van der Waals surface area (Å²) in [7, 11) is 1.61. The zero-order valence-corrected chi connectivity index (χ0v) is 16.4. The second-order valence-corrected chi connectivity index (χ2v) is 6.85. The molecular weight excluding hydrogens is 380 g/mol. The molecule has 0 N–H and O–H groups in total. The number of fused-ring (bicyclic) bond motifs is 1. The van der Waals surface area contributed by atoms with Crippen molar-refractivity contribution in [2.75, 3.05) is 0 Å². The molecule has 0 bridgehead atoms. The second kappa shape index (κ2) is 8.57. The van der Waals surface area contributed by atoms with E-state index in [1.807, 2.05) is 60.7 Å². The summed E-state index contributed by atoms with van der Waals surface area (Å²) in [5.41, 5.74) is 2.02. The monoisotopic (exact) mass is 400 g/mol. The van der Waals surface area contributed by atoms with Crippen LogP contribution in [0.15, 0.2) is 87.7 Å². The molecule has 0 fully saturated rings. The van der Waals surface area contributed by atoms with Crippen LogP contribution in [0.2, 0.25) is 0 Å². The van der Waals surface area contributed by atoms with E-state index in [4.69, 9.17) is 4.84 Å². The highest BCUT2D eigenvalue weighted by Crippen LogP contribution is 2.08. The van der Waals surface area contributed by atoms with Gasteiger partial charge in [-0.15, -0.1) is 0 Å². The van der Waals surface area contributed by atoms with E-state index in [-0.39, 0.29) is 12.1 Å². The van der Waals surface area contributed by atoms with Crippen LogP contribution >= 0.6 is 0 Å². The van der Waals surface area contributed by atoms with Gasteiger partial charge < -0.3 is 4.84 Å². The Hall–Kier alpha value is -4.00. The van der Waals surface area contributed by atoms with Crippen LogP contribution in [0.5, 0.6) is 0 Å². The van der Waals surface area contributed by atoms with Gasteiger partial charge in [0.25, 0.3) is 5.56 Å². The van der Waals surface area contributed by atoms with Crippen molar-refractivity contribution in [1.82, 2.24) is 14.1 Å². The van der Waals surface area contributed by atoms with Crippen LogP contribution < -0.4 is 11.2 Å². The van der Waals surface area contributed by atoms with E-state index in [1.165, 1.54) is 15.3 Å². The fourth-order valence-corrected chi connectivity index (χ4v) is 3.16. The number of aryl methyl sites for hydroxylation is 1. The minimum absolute atomic E-state index is 0.195. The van der Waals surface area contributed by atoms with E-state index in [1.54, 1.807) is 19.3 Å². The summed E-state index contributed by atoms with van der Waals surface area (Å²) in [5.74, 6) is 0. The molecule has 2 heterocycles. The van der Waals surface area contributed by atoms with Crippen molar-refractivity contribution in [3.8, 4) is 0 Å². The van der Waals surface area contributed by atoms with Crippen LogP contribution in [0, 0.1) is 0 Å². The van der Waals surface area contributed by atoms with Gasteiger partial charge in [0, 0.05) is 18.8 Å². The third kappa shape index (κ3) is 4.05. The Morgan fingerprint density at radius 1 is 1.00 bits per heavy atom. The smallest absolute Gasteiger partial charge is 0.332 e. The number of rotatable bonds is 6. The van der Waals surface area contributed by atoms with Crippen molar-refractivity contribution in [2.45, 2.75) is 13.2 Å². The first-order valence-corrected chi connectivity index (χ1v) is 9.46. The van der Waals surface area contributed by atoms with Crippen molar-refractivity contribution in [3.05, 3.63) is 110 Å². The van der Waals surface area contributed by atoms with Gasteiger partial charge >= 0.3 is 5.69 Å². The Kier molecular flexibility index (Phi) is 5.52. The molecule has 0 atom stereocenters. The van der Waals surface area contributed by atoms with Gasteiger partial charge in [-0.05, 0) is 17.2 Å². The predicted octanol–water partition coefficient (Wildman–Crippen LogP) is 2.69. The molecule has 0 aliphatic heterocycles. The average molecular weight is 400 g/mol. The van der Waals surface area contributed by atoms with E-state index in [0.29, 0.717) is 23.2 Å². The highest BCUT2D eigenvalue weighted by atomic mass is 16.6. The second-order valence-electron chi connectivity index (χ2n) is 6.85. The summed E-state index contributed by atoms with van der Waals surface area (Å²) in [6, 6.07) is 20.7. The highest BCUT2D eigenvalue weighted by molar-refractivity contribution is 5.85. The zero-order valence-electron chi connectivity index (χ0n) is 16.4. The van der Waals surface area contributed by atoms with E-state index in [9.17, 15) is 9.59 Å². The number of pyridine rings is 1. The van der Waals surface area contributed by atoms with E-state index in [0.717, 1.165) is 11.1 Å². The normalized spacial score (nSPS) is 11.2. The molecule has 0 aliphatic rings. The molecule has 0 amide bonds. The third-order valence-electron chi connectivity index (χ3n) is 4.73. The van der Waals surface area contributed by atoms with Crippen molar-refractivity contribution < 1.29 is 4.84 Å². The Labute approximate surface area is 172 Å². The van der Waals surface area contributed by atoms with E-state index < -0.39 is 5.69 Å². The van der Waals surface area contributed by atoms with Gasteiger partial charge in [-0.25, -0.2) is 9.78 Å². The molecule has 4 rings (SSSR count). The minimum Gasteiger partial charge on any atom is -0.391 e. The standard InChI is InChI=1S/C23H20N4O3/c1-26-21-20(22(28)27(23(26)29)15-17-8-4-2-5-9-17)12-19(13-24-21)14-25-30-16-18-10-6-3-7-11-18/h2-14H,15-16H2,1H3/b25-14-. The van der Waals surface area contributed by atoms with Gasteiger partial charge in [0.2, 0.25) is 0 Å². The van der Waals surface area contributed by atoms with Crippen LogP contribution in [0.1, 0.15) is 16.7 Å². The molecule has 0 aliphatic carbocycles. The van der Waals surface area contributed by atoms with Crippen LogP contribution in [-0.4, -0.2) is 20.3 Å². The molecule has 150 valence electrons. The Morgan fingerprint density at radius 2 is 1.67 bits per heavy atom. The van der Waals surface area contributed by atoms with E-state index in [2.05, 4.69) is 10.1 Å². The molecule has 2 aromatic heterocycles. The predicted molar refractivity (Wildman–Crippen MR) is 116 cm³/mol. The summed E-state index contributed by atoms with van der Waals surface area (Å²) in [4.78, 5) is 35.3. The third-order valence-corrected chi connectivity index (χ3v) is 4.73. The van der Waals surface area contributed by atoms with Crippen molar-refractivity contribution in [3.63, 3.8) is 0 Å². The summed E-state index contributed by atoms with van der Waals surface area (Å²) in [5, 5.41) is 4.31. The lowest BCUT2D eigenvalue weighted by atomic mass is 10.2. The fraction of sp³-hybridized carbons (Fsp3) is 0.130. The number of oxime groups is 1. The molecule has 2 aromatic carbocycles. The van der Waals surface area contributed by atoms with Crippen molar-refractivity contribution in [1.29, 1.82) is 0 Å². The zero-order chi connectivity index (χ0) is 20.9. The lowest BCUT2D eigenvalue weighted by Gasteiger charge is -2.10. The van der Waals surface area contributed by atoms with Crippen LogP contribution in [0.3, 0.4) is 0 Å². The maximum Gasteiger partial charge on any atom is 0.332 e. The number of aromatic nitrogens is 3. The minimum atomic E-state index is -0.406. The number of hydrogen-bond donors (Lipinski definition) is 0. The number of nitrogens with zero attached hydrogens (tertiary/aromatic N) is 4. The largest absolute Gasteiger partial charge is 0.391 e. The summed E-state index contributed by atoms with van der Waals surface area (Å²) >= 11 is 0. The van der Waals surface area contributed by atoms with Crippen molar-refractivity contribution >= 4 is 17.2 Å². The van der Waals surface area contributed by atoms with Crippen LogP contribution in [-0.2, 0) is 25.0 Å². The van der Waals surface area contributed by atoms with Gasteiger partial charge in [-0.1, -0.05) is 65.8 Å². The molecule has 0 saturated heterocycles. The van der Waals surface area contributed by atoms with Gasteiger partial charge in [-0.3, -0.25) is 13.9 Å². The maximum absolute atomic E-state index is 13.0. The summed E-state index contributed by atoms with van der Waals surface area (Å²) < 4.78 is 2.60. The molecule has 7 nitrogen and oxygen atoms in total. The topological polar surface area (TPSA) is 78.5 Å². The molecule has 0 saturated carbocycles. The number of benzene rings is 2. The molecule has 30 heavy (non-hydrogen) atoms.